The molecule has 2 rings (SSSR count). The highest BCUT2D eigenvalue weighted by Crippen LogP contribution is 2.32. The fourth-order valence-corrected chi connectivity index (χ4v) is 1.76. The Bertz CT molecular complexity index is 254. The summed E-state index contributed by atoms with van der Waals surface area (Å²) in [7, 11) is 1.77. The van der Waals surface area contributed by atoms with Crippen molar-refractivity contribution in [2.45, 2.75) is 25.4 Å². The van der Waals surface area contributed by atoms with Crippen molar-refractivity contribution in [1.29, 1.82) is 0 Å². The maximum absolute atomic E-state index is 5.20. The van der Waals surface area contributed by atoms with E-state index in [2.05, 4.69) is 16.4 Å². The number of aromatic amines is 1. The Balaban J connectivity index is 1.76. The van der Waals surface area contributed by atoms with E-state index in [1.165, 1.54) is 18.4 Å². The maximum atomic E-state index is 5.20. The van der Waals surface area contributed by atoms with Crippen molar-refractivity contribution in [3.05, 3.63) is 24.0 Å². The average Bonchev–Trinajstić information content (AvgIpc) is 2.90. The molecule has 0 amide bonds. The third-order valence-corrected chi connectivity index (χ3v) is 2.77. The van der Waals surface area contributed by atoms with Crippen molar-refractivity contribution < 1.29 is 4.74 Å². The molecular weight excluding hydrogens is 176 g/mol. The molecule has 0 saturated heterocycles. The zero-order chi connectivity index (χ0) is 9.80. The van der Waals surface area contributed by atoms with Gasteiger partial charge in [-0.25, -0.2) is 0 Å². The molecule has 1 aromatic rings. The third kappa shape index (κ3) is 2.59. The van der Waals surface area contributed by atoms with Gasteiger partial charge in [-0.1, -0.05) is 0 Å². The Morgan fingerprint density at radius 3 is 3.07 bits per heavy atom. The van der Waals surface area contributed by atoms with Gasteiger partial charge in [0.1, 0.15) is 0 Å². The predicted molar refractivity (Wildman–Crippen MR) is 56.0 cm³/mol. The molecule has 1 heterocycles. The van der Waals surface area contributed by atoms with Gasteiger partial charge in [0.05, 0.1) is 6.61 Å². The lowest BCUT2D eigenvalue weighted by Crippen LogP contribution is -2.34. The summed E-state index contributed by atoms with van der Waals surface area (Å²) in [6.07, 6.45) is 6.70. The van der Waals surface area contributed by atoms with Gasteiger partial charge in [0.15, 0.2) is 0 Å². The number of hydrogen-bond acceptors (Lipinski definition) is 2. The summed E-state index contributed by atoms with van der Waals surface area (Å²) >= 11 is 0. The van der Waals surface area contributed by atoms with E-state index in [9.17, 15) is 0 Å². The summed E-state index contributed by atoms with van der Waals surface area (Å²) in [5, 5.41) is 3.54. The van der Waals surface area contributed by atoms with Crippen LogP contribution in [-0.2, 0) is 11.3 Å². The van der Waals surface area contributed by atoms with Crippen molar-refractivity contribution in [2.75, 3.05) is 13.7 Å². The zero-order valence-electron chi connectivity index (χ0n) is 8.62. The first-order chi connectivity index (χ1) is 6.90. The lowest BCUT2D eigenvalue weighted by molar-refractivity contribution is 0.157. The van der Waals surface area contributed by atoms with Crippen molar-refractivity contribution >= 4 is 0 Å². The molecule has 3 nitrogen and oxygen atoms in total. The number of aromatic nitrogens is 1. The minimum absolute atomic E-state index is 0.537. The minimum Gasteiger partial charge on any atom is -0.383 e. The van der Waals surface area contributed by atoms with Crippen LogP contribution >= 0.6 is 0 Å². The van der Waals surface area contributed by atoms with E-state index in [-0.39, 0.29) is 0 Å². The van der Waals surface area contributed by atoms with Gasteiger partial charge >= 0.3 is 0 Å². The molecule has 0 aliphatic heterocycles. The first-order valence-corrected chi connectivity index (χ1v) is 5.24. The van der Waals surface area contributed by atoms with E-state index < -0.39 is 0 Å². The molecule has 0 radical (unpaired) electrons. The monoisotopic (exact) mass is 194 g/mol. The fraction of sp³-hybridized carbons (Fsp3) is 0.636. The molecule has 1 fully saturated rings. The highest BCUT2D eigenvalue weighted by Gasteiger charge is 2.30. The van der Waals surface area contributed by atoms with Crippen LogP contribution in [0.4, 0.5) is 0 Å². The van der Waals surface area contributed by atoms with Crippen LogP contribution in [0.15, 0.2) is 18.5 Å². The molecule has 0 aromatic carbocycles. The topological polar surface area (TPSA) is 37.0 Å². The van der Waals surface area contributed by atoms with Crippen LogP contribution in [-0.4, -0.2) is 24.7 Å². The SMILES string of the molecule is COCC(NCc1cc[nH]c1)C1CC1. The van der Waals surface area contributed by atoms with Crippen LogP contribution in [0.25, 0.3) is 0 Å². The van der Waals surface area contributed by atoms with Gasteiger partial charge in [0.2, 0.25) is 0 Å². The van der Waals surface area contributed by atoms with Crippen LogP contribution in [0.5, 0.6) is 0 Å². The van der Waals surface area contributed by atoms with Gasteiger partial charge in [-0.15, -0.1) is 0 Å². The lowest BCUT2D eigenvalue weighted by Gasteiger charge is -2.16. The molecule has 0 bridgehead atoms. The average molecular weight is 194 g/mol. The molecule has 1 unspecified atom stereocenters. The van der Waals surface area contributed by atoms with Gasteiger partial charge in [-0.05, 0) is 30.4 Å². The van der Waals surface area contributed by atoms with Crippen LogP contribution in [0.3, 0.4) is 0 Å². The highest BCUT2D eigenvalue weighted by molar-refractivity contribution is 5.08. The lowest BCUT2D eigenvalue weighted by atomic mass is 10.2. The Morgan fingerprint density at radius 1 is 1.64 bits per heavy atom. The van der Waals surface area contributed by atoms with Gasteiger partial charge in [-0.2, -0.15) is 0 Å². The van der Waals surface area contributed by atoms with Crippen molar-refractivity contribution in [2.24, 2.45) is 5.92 Å². The molecule has 78 valence electrons. The summed E-state index contributed by atoms with van der Waals surface area (Å²) in [6, 6.07) is 2.64. The molecular formula is C11H18N2O. The number of methoxy groups -OCH3 is 1. The summed E-state index contributed by atoms with van der Waals surface area (Å²) in [5.74, 6) is 0.842. The molecule has 1 saturated carbocycles. The molecule has 1 atom stereocenters. The largest absolute Gasteiger partial charge is 0.383 e. The Labute approximate surface area is 84.9 Å². The minimum atomic E-state index is 0.537. The molecule has 3 heteroatoms. The second-order valence-electron chi connectivity index (χ2n) is 4.00. The number of ether oxygens (including phenoxy) is 1. The van der Waals surface area contributed by atoms with Crippen molar-refractivity contribution in [1.82, 2.24) is 10.3 Å². The van der Waals surface area contributed by atoms with Gasteiger partial charge < -0.3 is 15.0 Å². The number of nitrogens with one attached hydrogen (secondary N) is 2. The van der Waals surface area contributed by atoms with Crippen LogP contribution in [0.2, 0.25) is 0 Å². The Kier molecular flexibility index (Phi) is 3.22. The van der Waals surface area contributed by atoms with E-state index in [4.69, 9.17) is 4.74 Å². The summed E-state index contributed by atoms with van der Waals surface area (Å²) in [5.41, 5.74) is 1.31. The number of rotatable bonds is 6. The van der Waals surface area contributed by atoms with Crippen molar-refractivity contribution in [3.8, 4) is 0 Å². The van der Waals surface area contributed by atoms with Gasteiger partial charge in [0, 0.05) is 32.1 Å². The van der Waals surface area contributed by atoms with Crippen LogP contribution < -0.4 is 5.32 Å². The normalized spacial score (nSPS) is 18.4. The first-order valence-electron chi connectivity index (χ1n) is 5.24. The molecule has 1 aromatic heterocycles. The third-order valence-electron chi connectivity index (χ3n) is 2.77. The fourth-order valence-electron chi connectivity index (χ4n) is 1.76. The molecule has 14 heavy (non-hydrogen) atoms. The molecule has 0 spiro atoms. The zero-order valence-corrected chi connectivity index (χ0v) is 8.62. The van der Waals surface area contributed by atoms with E-state index in [1.54, 1.807) is 7.11 Å². The summed E-state index contributed by atoms with van der Waals surface area (Å²) in [6.45, 7) is 1.77. The first kappa shape index (κ1) is 9.74. The number of H-pyrrole nitrogens is 1. The maximum Gasteiger partial charge on any atom is 0.0618 e. The second kappa shape index (κ2) is 4.62. The smallest absolute Gasteiger partial charge is 0.0618 e. The molecule has 1 aliphatic carbocycles. The van der Waals surface area contributed by atoms with E-state index in [0.29, 0.717) is 6.04 Å². The van der Waals surface area contributed by atoms with Gasteiger partial charge in [0.25, 0.3) is 0 Å². The molecule has 1 aliphatic rings. The highest BCUT2D eigenvalue weighted by atomic mass is 16.5. The van der Waals surface area contributed by atoms with Crippen LogP contribution in [0, 0.1) is 5.92 Å². The Morgan fingerprint density at radius 2 is 2.50 bits per heavy atom. The van der Waals surface area contributed by atoms with Gasteiger partial charge in [-0.3, -0.25) is 0 Å². The standard InChI is InChI=1S/C11H18N2O/c1-14-8-11(10-2-3-10)13-7-9-4-5-12-6-9/h4-6,10-13H,2-3,7-8H2,1H3. The van der Waals surface area contributed by atoms with E-state index in [1.807, 2.05) is 12.4 Å². The summed E-state index contributed by atoms with van der Waals surface area (Å²) in [4.78, 5) is 3.06. The van der Waals surface area contributed by atoms with E-state index in [0.717, 1.165) is 19.1 Å². The second-order valence-corrected chi connectivity index (χ2v) is 4.00. The van der Waals surface area contributed by atoms with E-state index >= 15 is 0 Å². The van der Waals surface area contributed by atoms with Crippen LogP contribution in [0.1, 0.15) is 18.4 Å². The Hall–Kier alpha value is -0.800. The van der Waals surface area contributed by atoms with Crippen molar-refractivity contribution in [3.63, 3.8) is 0 Å². The molecule has 2 N–H and O–H groups in total. The number of hydrogen-bond donors (Lipinski definition) is 2. The summed E-state index contributed by atoms with van der Waals surface area (Å²) < 4.78 is 5.20. The quantitative estimate of drug-likeness (QED) is 0.720. The predicted octanol–water partition coefficient (Wildman–Crippen LogP) is 1.53.